The molecule has 0 bridgehead atoms. The zero-order chi connectivity index (χ0) is 20.3. The van der Waals surface area contributed by atoms with E-state index >= 15 is 0 Å². The van der Waals surface area contributed by atoms with Gasteiger partial charge in [-0.2, -0.15) is 0 Å². The molecule has 1 aromatic carbocycles. The Labute approximate surface area is 184 Å². The lowest BCUT2D eigenvalue weighted by Gasteiger charge is -2.16. The van der Waals surface area contributed by atoms with Gasteiger partial charge in [-0.15, -0.1) is 21.5 Å². The molecule has 156 valence electrons. The first-order valence-corrected chi connectivity index (χ1v) is 12.3. The minimum absolute atomic E-state index is 0.0783. The second-order valence-corrected chi connectivity index (χ2v) is 9.84. The predicted molar refractivity (Wildman–Crippen MR) is 121 cm³/mol. The molecular weight excluding hydrogens is 414 g/mol. The first kappa shape index (κ1) is 19.8. The highest BCUT2D eigenvalue weighted by molar-refractivity contribution is 7.99. The van der Waals surface area contributed by atoms with Crippen molar-refractivity contribution in [1.82, 2.24) is 25.0 Å². The van der Waals surface area contributed by atoms with E-state index in [2.05, 4.69) is 60.7 Å². The lowest BCUT2D eigenvalue weighted by molar-refractivity contribution is -0.119. The third-order valence-electron chi connectivity index (χ3n) is 5.54. The van der Waals surface area contributed by atoms with Crippen LogP contribution in [-0.2, 0) is 11.3 Å². The van der Waals surface area contributed by atoms with Crippen LogP contribution >= 0.6 is 23.1 Å². The molecular formula is C22H25N5OS2. The summed E-state index contributed by atoms with van der Waals surface area (Å²) in [6.45, 7) is 2.87. The minimum Gasteiger partial charge on any atom is -0.351 e. The second kappa shape index (κ2) is 8.91. The van der Waals surface area contributed by atoms with Gasteiger partial charge in [-0.3, -0.25) is 14.3 Å². The van der Waals surface area contributed by atoms with Gasteiger partial charge in [0, 0.05) is 31.7 Å². The van der Waals surface area contributed by atoms with Gasteiger partial charge in [-0.25, -0.2) is 0 Å². The monoisotopic (exact) mass is 439 g/mol. The molecule has 2 aliphatic rings. The second-order valence-electron chi connectivity index (χ2n) is 7.95. The number of hydrogen-bond acceptors (Lipinski definition) is 6. The molecule has 3 aromatic rings. The normalized spacial score (nSPS) is 19.3. The Morgan fingerprint density at radius 2 is 2.00 bits per heavy atom. The maximum absolute atomic E-state index is 12.6. The van der Waals surface area contributed by atoms with Gasteiger partial charge in [-0.1, -0.05) is 48.2 Å². The number of nitrogens with zero attached hydrogens (tertiary/aromatic N) is 4. The molecule has 0 spiro atoms. The van der Waals surface area contributed by atoms with E-state index in [4.69, 9.17) is 0 Å². The first-order chi connectivity index (χ1) is 14.8. The van der Waals surface area contributed by atoms with E-state index < -0.39 is 0 Å². The molecule has 0 radical (unpaired) electrons. The molecule has 1 aliphatic carbocycles. The van der Waals surface area contributed by atoms with Crippen LogP contribution in [0.3, 0.4) is 0 Å². The van der Waals surface area contributed by atoms with Crippen molar-refractivity contribution in [1.29, 1.82) is 0 Å². The Morgan fingerprint density at radius 3 is 2.77 bits per heavy atom. The fourth-order valence-corrected chi connectivity index (χ4v) is 5.47. The van der Waals surface area contributed by atoms with E-state index in [1.165, 1.54) is 17.3 Å². The van der Waals surface area contributed by atoms with Gasteiger partial charge in [0.1, 0.15) is 0 Å². The summed E-state index contributed by atoms with van der Waals surface area (Å²) in [4.78, 5) is 16.1. The van der Waals surface area contributed by atoms with Crippen LogP contribution in [0.1, 0.15) is 30.9 Å². The highest BCUT2D eigenvalue weighted by Crippen LogP contribution is 2.41. The maximum atomic E-state index is 12.6. The van der Waals surface area contributed by atoms with E-state index in [1.807, 2.05) is 12.1 Å². The van der Waals surface area contributed by atoms with Crippen molar-refractivity contribution in [3.05, 3.63) is 53.4 Å². The summed E-state index contributed by atoms with van der Waals surface area (Å²) in [5.74, 6) is 1.39. The van der Waals surface area contributed by atoms with E-state index in [0.717, 1.165) is 54.8 Å². The number of aromatic nitrogens is 3. The predicted octanol–water partition coefficient (Wildman–Crippen LogP) is 3.82. The van der Waals surface area contributed by atoms with Crippen LogP contribution in [-0.4, -0.2) is 50.5 Å². The Morgan fingerprint density at radius 1 is 1.13 bits per heavy atom. The van der Waals surface area contributed by atoms with E-state index in [-0.39, 0.29) is 11.9 Å². The Bertz CT molecular complexity index is 984. The molecule has 1 aliphatic heterocycles. The molecule has 2 aromatic heterocycles. The number of amides is 1. The summed E-state index contributed by atoms with van der Waals surface area (Å²) in [6, 6.07) is 15.3. The molecule has 0 unspecified atom stereocenters. The Balaban J connectivity index is 1.14. The fourth-order valence-electron chi connectivity index (χ4n) is 3.95. The number of benzene rings is 1. The number of nitrogens with one attached hydrogen (secondary N) is 1. The summed E-state index contributed by atoms with van der Waals surface area (Å²) < 4.78 is 2.22. The average molecular weight is 440 g/mol. The number of rotatable bonds is 8. The third kappa shape index (κ3) is 4.61. The molecule has 1 N–H and O–H groups in total. The molecule has 30 heavy (non-hydrogen) atoms. The standard InChI is InChI=1S/C22H25N5OS2/c28-20(23-17-10-11-26(14-17)13-16-5-2-1-3-6-16)15-30-22-25-24-21(19-7-4-12-29-19)27(22)18-8-9-18/h1-7,12,17-18H,8-11,13-15H2,(H,23,28)/t17-/m0/s1. The number of thiophene rings is 1. The first-order valence-electron chi connectivity index (χ1n) is 10.4. The minimum atomic E-state index is 0.0783. The topological polar surface area (TPSA) is 63.1 Å². The molecule has 2 fully saturated rings. The van der Waals surface area contributed by atoms with E-state index in [1.54, 1.807) is 11.3 Å². The van der Waals surface area contributed by atoms with Crippen LogP contribution in [0.5, 0.6) is 0 Å². The Kier molecular flexibility index (Phi) is 5.88. The van der Waals surface area contributed by atoms with Crippen LogP contribution in [0.25, 0.3) is 10.7 Å². The SMILES string of the molecule is O=C(CSc1nnc(-c2cccs2)n1C1CC1)N[C@H]1CCN(Cc2ccccc2)C1. The number of carbonyl (C=O) groups is 1. The van der Waals surface area contributed by atoms with Crippen LogP contribution < -0.4 is 5.32 Å². The van der Waals surface area contributed by atoms with Crippen molar-refractivity contribution < 1.29 is 4.79 Å². The molecule has 8 heteroatoms. The number of carbonyl (C=O) groups excluding carboxylic acids is 1. The van der Waals surface area contributed by atoms with E-state index in [9.17, 15) is 4.79 Å². The smallest absolute Gasteiger partial charge is 0.230 e. The van der Waals surface area contributed by atoms with Crippen LogP contribution in [0.2, 0.25) is 0 Å². The van der Waals surface area contributed by atoms with Crippen molar-refractivity contribution in [2.75, 3.05) is 18.8 Å². The summed E-state index contributed by atoms with van der Waals surface area (Å²) in [6.07, 6.45) is 3.33. The van der Waals surface area contributed by atoms with Gasteiger partial charge in [-0.05, 0) is 36.3 Å². The fraction of sp³-hybridized carbons (Fsp3) is 0.409. The molecule has 1 amide bonds. The zero-order valence-corrected chi connectivity index (χ0v) is 18.4. The van der Waals surface area contributed by atoms with E-state index in [0.29, 0.717) is 11.8 Å². The van der Waals surface area contributed by atoms with Crippen LogP contribution in [0.4, 0.5) is 0 Å². The number of hydrogen-bond donors (Lipinski definition) is 1. The zero-order valence-electron chi connectivity index (χ0n) is 16.7. The van der Waals surface area contributed by atoms with Gasteiger partial charge >= 0.3 is 0 Å². The largest absolute Gasteiger partial charge is 0.351 e. The summed E-state index contributed by atoms with van der Waals surface area (Å²) in [7, 11) is 0. The molecule has 6 nitrogen and oxygen atoms in total. The van der Waals surface area contributed by atoms with Gasteiger partial charge in [0.2, 0.25) is 5.91 Å². The van der Waals surface area contributed by atoms with Crippen LogP contribution in [0.15, 0.2) is 53.0 Å². The van der Waals surface area contributed by atoms with Gasteiger partial charge < -0.3 is 5.32 Å². The maximum Gasteiger partial charge on any atom is 0.230 e. The van der Waals surface area contributed by atoms with Crippen molar-refractivity contribution in [2.45, 2.75) is 43.0 Å². The van der Waals surface area contributed by atoms with Gasteiger partial charge in [0.15, 0.2) is 11.0 Å². The number of likely N-dealkylation sites (tertiary alicyclic amines) is 1. The van der Waals surface area contributed by atoms with Crippen molar-refractivity contribution >= 4 is 29.0 Å². The highest BCUT2D eigenvalue weighted by Gasteiger charge is 2.31. The number of thioether (sulfide) groups is 1. The summed E-state index contributed by atoms with van der Waals surface area (Å²) in [5.41, 5.74) is 1.32. The van der Waals surface area contributed by atoms with Gasteiger partial charge in [0.05, 0.1) is 10.6 Å². The highest BCUT2D eigenvalue weighted by atomic mass is 32.2. The summed E-state index contributed by atoms with van der Waals surface area (Å²) >= 11 is 3.18. The van der Waals surface area contributed by atoms with Crippen molar-refractivity contribution in [3.8, 4) is 10.7 Å². The lowest BCUT2D eigenvalue weighted by Crippen LogP contribution is -2.38. The molecule has 1 saturated carbocycles. The average Bonchev–Trinajstić information content (AvgIpc) is 3.14. The molecule has 1 atom stereocenters. The van der Waals surface area contributed by atoms with Gasteiger partial charge in [0.25, 0.3) is 0 Å². The van der Waals surface area contributed by atoms with Crippen LogP contribution in [0, 0.1) is 0 Å². The molecule has 5 rings (SSSR count). The molecule has 1 saturated heterocycles. The van der Waals surface area contributed by atoms with Crippen molar-refractivity contribution in [3.63, 3.8) is 0 Å². The quantitative estimate of drug-likeness (QED) is 0.541. The lowest BCUT2D eigenvalue weighted by atomic mass is 10.2. The third-order valence-corrected chi connectivity index (χ3v) is 7.35. The van der Waals surface area contributed by atoms with Crippen molar-refractivity contribution in [2.24, 2.45) is 0 Å². The summed E-state index contributed by atoms with van der Waals surface area (Å²) in [5, 5.41) is 14.9. The Hall–Kier alpha value is -2.16. The molecule has 3 heterocycles.